The predicted octanol–water partition coefficient (Wildman–Crippen LogP) is 5.52. The van der Waals surface area contributed by atoms with E-state index in [2.05, 4.69) is 10.6 Å². The van der Waals surface area contributed by atoms with Gasteiger partial charge in [-0.1, -0.05) is 41.4 Å². The number of hydrogen-bond donors (Lipinski definition) is 2. The summed E-state index contributed by atoms with van der Waals surface area (Å²) < 4.78 is 10.8. The number of rotatable bonds is 6. The van der Waals surface area contributed by atoms with E-state index in [0.717, 1.165) is 0 Å². The second-order valence-corrected chi connectivity index (χ2v) is 6.99. The summed E-state index contributed by atoms with van der Waals surface area (Å²) in [6, 6.07) is 16.5. The number of carbonyl (C=O) groups is 2. The van der Waals surface area contributed by atoms with E-state index in [4.69, 9.17) is 32.7 Å². The molecule has 0 aliphatic heterocycles. The second kappa shape index (κ2) is 9.52. The number of carbonyl (C=O) groups excluding carboxylic acids is 2. The lowest BCUT2D eigenvalue weighted by Gasteiger charge is -2.16. The minimum Gasteiger partial charge on any atom is -0.494 e. The molecule has 0 radical (unpaired) electrons. The van der Waals surface area contributed by atoms with Crippen molar-refractivity contribution >= 4 is 46.4 Å². The molecule has 0 aliphatic rings. The van der Waals surface area contributed by atoms with E-state index in [1.54, 1.807) is 42.5 Å². The first kappa shape index (κ1) is 21.5. The van der Waals surface area contributed by atoms with Gasteiger partial charge >= 0.3 is 0 Å². The maximum absolute atomic E-state index is 12.7. The monoisotopic (exact) mass is 444 g/mol. The molecule has 0 atom stereocenters. The van der Waals surface area contributed by atoms with E-state index in [-0.39, 0.29) is 16.5 Å². The molecule has 3 aromatic rings. The Hall–Kier alpha value is -3.22. The lowest BCUT2D eigenvalue weighted by Crippen LogP contribution is -2.15. The summed E-state index contributed by atoms with van der Waals surface area (Å²) in [7, 11) is 2.91. The Morgan fingerprint density at radius 3 is 1.87 bits per heavy atom. The number of hydrogen-bond acceptors (Lipinski definition) is 4. The van der Waals surface area contributed by atoms with Gasteiger partial charge in [0, 0.05) is 22.7 Å². The van der Waals surface area contributed by atoms with E-state index >= 15 is 0 Å². The van der Waals surface area contributed by atoms with E-state index < -0.39 is 5.91 Å². The Labute approximate surface area is 183 Å². The van der Waals surface area contributed by atoms with Crippen LogP contribution in [0.5, 0.6) is 11.5 Å². The van der Waals surface area contributed by atoms with Gasteiger partial charge in [-0.3, -0.25) is 9.59 Å². The lowest BCUT2D eigenvalue weighted by atomic mass is 10.1. The third kappa shape index (κ3) is 4.84. The van der Waals surface area contributed by atoms with Crippen LogP contribution in [0.15, 0.2) is 60.7 Å². The number of amides is 2. The van der Waals surface area contributed by atoms with Crippen molar-refractivity contribution in [2.24, 2.45) is 0 Å². The number of halogens is 2. The molecule has 30 heavy (non-hydrogen) atoms. The standard InChI is InChI=1S/C22H18Cl2N2O4/c1-29-19-12-18(26-22(28)15-9-8-14(23)10-16(15)24)20(30-2)11-17(19)25-21(27)13-6-4-3-5-7-13/h3-12H,1-2H3,(H,25,27)(H,26,28). The van der Waals surface area contributed by atoms with Crippen LogP contribution in [-0.2, 0) is 0 Å². The minimum atomic E-state index is -0.446. The number of benzene rings is 3. The van der Waals surface area contributed by atoms with Gasteiger partial charge in [-0.15, -0.1) is 0 Å². The Morgan fingerprint density at radius 1 is 0.767 bits per heavy atom. The highest BCUT2D eigenvalue weighted by Gasteiger charge is 2.18. The van der Waals surface area contributed by atoms with Crippen LogP contribution in [0.25, 0.3) is 0 Å². The fourth-order valence-corrected chi connectivity index (χ4v) is 3.23. The van der Waals surface area contributed by atoms with Crippen molar-refractivity contribution in [2.75, 3.05) is 24.9 Å². The summed E-state index contributed by atoms with van der Waals surface area (Å²) in [6.07, 6.45) is 0. The van der Waals surface area contributed by atoms with Crippen molar-refractivity contribution in [3.63, 3.8) is 0 Å². The van der Waals surface area contributed by atoms with Gasteiger partial charge in [0.1, 0.15) is 11.5 Å². The third-order valence-corrected chi connectivity index (χ3v) is 4.78. The van der Waals surface area contributed by atoms with Crippen LogP contribution in [0.4, 0.5) is 11.4 Å². The molecule has 0 unspecified atom stereocenters. The molecule has 154 valence electrons. The normalized spacial score (nSPS) is 10.3. The zero-order valence-corrected chi connectivity index (χ0v) is 17.7. The van der Waals surface area contributed by atoms with Crippen molar-refractivity contribution in [3.8, 4) is 11.5 Å². The molecule has 0 fully saturated rings. The quantitative estimate of drug-likeness (QED) is 0.524. The van der Waals surface area contributed by atoms with Crippen LogP contribution in [0.3, 0.4) is 0 Å². The van der Waals surface area contributed by atoms with E-state index in [1.807, 2.05) is 6.07 Å². The van der Waals surface area contributed by atoms with Crippen molar-refractivity contribution in [2.45, 2.75) is 0 Å². The van der Waals surface area contributed by atoms with Crippen LogP contribution in [0, 0.1) is 0 Å². The van der Waals surface area contributed by atoms with E-state index in [1.165, 1.54) is 26.4 Å². The molecule has 0 heterocycles. The Balaban J connectivity index is 1.89. The van der Waals surface area contributed by atoms with E-state index in [9.17, 15) is 9.59 Å². The molecule has 0 aliphatic carbocycles. The van der Waals surface area contributed by atoms with Crippen molar-refractivity contribution < 1.29 is 19.1 Å². The highest BCUT2D eigenvalue weighted by atomic mass is 35.5. The van der Waals surface area contributed by atoms with Crippen LogP contribution in [0.2, 0.25) is 10.0 Å². The molecule has 8 heteroatoms. The molecule has 3 rings (SSSR count). The number of nitrogens with one attached hydrogen (secondary N) is 2. The molecule has 0 spiro atoms. The average Bonchev–Trinajstić information content (AvgIpc) is 2.74. The molecular weight excluding hydrogens is 427 g/mol. The summed E-state index contributed by atoms with van der Waals surface area (Å²) in [5, 5.41) is 6.17. The van der Waals surface area contributed by atoms with Crippen LogP contribution in [0.1, 0.15) is 20.7 Å². The summed E-state index contributed by atoms with van der Waals surface area (Å²) >= 11 is 12.0. The summed E-state index contributed by atoms with van der Waals surface area (Å²) in [5.41, 5.74) is 1.49. The second-order valence-electron chi connectivity index (χ2n) is 6.15. The number of anilines is 2. The van der Waals surface area contributed by atoms with Crippen molar-refractivity contribution in [3.05, 3.63) is 81.8 Å². The smallest absolute Gasteiger partial charge is 0.257 e. The number of ether oxygens (including phenoxy) is 2. The highest BCUT2D eigenvalue weighted by molar-refractivity contribution is 6.37. The maximum atomic E-state index is 12.7. The summed E-state index contributed by atoms with van der Waals surface area (Å²) in [4.78, 5) is 25.1. The predicted molar refractivity (Wildman–Crippen MR) is 118 cm³/mol. The number of methoxy groups -OCH3 is 2. The highest BCUT2D eigenvalue weighted by Crippen LogP contribution is 2.37. The molecule has 0 saturated heterocycles. The first-order chi connectivity index (χ1) is 14.4. The van der Waals surface area contributed by atoms with E-state index in [0.29, 0.717) is 33.5 Å². The molecule has 0 bridgehead atoms. The first-order valence-electron chi connectivity index (χ1n) is 8.81. The fourth-order valence-electron chi connectivity index (χ4n) is 2.74. The molecule has 2 amide bonds. The molecule has 0 saturated carbocycles. The molecule has 6 nitrogen and oxygen atoms in total. The molecule has 3 aromatic carbocycles. The third-order valence-electron chi connectivity index (χ3n) is 4.23. The van der Waals surface area contributed by atoms with Crippen molar-refractivity contribution in [1.29, 1.82) is 0 Å². The summed E-state index contributed by atoms with van der Waals surface area (Å²) in [5.74, 6) is -0.0750. The largest absolute Gasteiger partial charge is 0.494 e. The molecule has 0 aromatic heterocycles. The van der Waals surface area contributed by atoms with Gasteiger partial charge in [0.05, 0.1) is 36.2 Å². The lowest BCUT2D eigenvalue weighted by molar-refractivity contribution is 0.101. The Morgan fingerprint density at radius 2 is 1.33 bits per heavy atom. The average molecular weight is 445 g/mol. The molecular formula is C22H18Cl2N2O4. The van der Waals surface area contributed by atoms with Gasteiger partial charge in [0.2, 0.25) is 0 Å². The van der Waals surface area contributed by atoms with Gasteiger partial charge in [-0.2, -0.15) is 0 Å². The Bertz CT molecular complexity index is 1090. The zero-order chi connectivity index (χ0) is 21.7. The zero-order valence-electron chi connectivity index (χ0n) is 16.2. The maximum Gasteiger partial charge on any atom is 0.257 e. The van der Waals surface area contributed by atoms with Crippen LogP contribution < -0.4 is 20.1 Å². The SMILES string of the molecule is COc1cc(NC(=O)c2ccc(Cl)cc2Cl)c(OC)cc1NC(=O)c1ccccc1. The van der Waals surface area contributed by atoms with Gasteiger partial charge < -0.3 is 20.1 Å². The molecule has 2 N–H and O–H groups in total. The van der Waals surface area contributed by atoms with Gasteiger partial charge in [0.25, 0.3) is 11.8 Å². The van der Waals surface area contributed by atoms with Crippen LogP contribution >= 0.6 is 23.2 Å². The van der Waals surface area contributed by atoms with Crippen LogP contribution in [-0.4, -0.2) is 26.0 Å². The first-order valence-corrected chi connectivity index (χ1v) is 9.57. The van der Waals surface area contributed by atoms with Gasteiger partial charge in [-0.05, 0) is 30.3 Å². The fraction of sp³-hybridized carbons (Fsp3) is 0.0909. The summed E-state index contributed by atoms with van der Waals surface area (Å²) in [6.45, 7) is 0. The Kier molecular flexibility index (Phi) is 6.82. The van der Waals surface area contributed by atoms with Gasteiger partial charge in [0.15, 0.2) is 0 Å². The minimum absolute atomic E-state index is 0.220. The van der Waals surface area contributed by atoms with Crippen molar-refractivity contribution in [1.82, 2.24) is 0 Å². The topological polar surface area (TPSA) is 76.7 Å². The van der Waals surface area contributed by atoms with Gasteiger partial charge in [-0.25, -0.2) is 0 Å².